The van der Waals surface area contributed by atoms with Gasteiger partial charge in [0.1, 0.15) is 0 Å². The second-order valence-corrected chi connectivity index (χ2v) is 7.63. The molecule has 2 aliphatic rings. The fourth-order valence-electron chi connectivity index (χ4n) is 3.91. The number of aromatic nitrogens is 2. The topological polar surface area (TPSA) is 106 Å². The van der Waals surface area contributed by atoms with Gasteiger partial charge in [0.2, 0.25) is 17.6 Å². The number of nitrogens with two attached hydrogens (primary N) is 1. The van der Waals surface area contributed by atoms with Crippen molar-refractivity contribution in [1.29, 1.82) is 0 Å². The highest BCUT2D eigenvalue weighted by atomic mass is 16.6. The minimum atomic E-state index is -0.452. The van der Waals surface area contributed by atoms with Crippen molar-refractivity contribution in [3.05, 3.63) is 10.1 Å². The standard InChI is InChI=1S/C16H27N7O2/c1-11-8-12(2)10-22(9-11)15-13(23(24)25)14(17)18-16(19-15)21-6-4-20(3)5-7-21/h11-12H,4-10H2,1-3H3,(H2,17,18,19)/p+1/t11-,12-/m1/s1. The summed E-state index contributed by atoms with van der Waals surface area (Å²) >= 11 is 0. The number of piperazine rings is 1. The monoisotopic (exact) mass is 350 g/mol. The molecule has 1 aromatic heterocycles. The van der Waals surface area contributed by atoms with Gasteiger partial charge in [-0.2, -0.15) is 9.97 Å². The Balaban J connectivity index is 1.97. The summed E-state index contributed by atoms with van der Waals surface area (Å²) in [5.41, 5.74) is 5.82. The Morgan fingerprint density at radius 1 is 1.16 bits per heavy atom. The summed E-state index contributed by atoms with van der Waals surface area (Å²) in [7, 11) is 2.16. The Morgan fingerprint density at radius 2 is 1.76 bits per heavy atom. The molecule has 0 spiro atoms. The van der Waals surface area contributed by atoms with E-state index in [4.69, 9.17) is 5.73 Å². The quantitative estimate of drug-likeness (QED) is 0.573. The summed E-state index contributed by atoms with van der Waals surface area (Å²) in [4.78, 5) is 25.5. The van der Waals surface area contributed by atoms with Gasteiger partial charge in [-0.3, -0.25) is 10.1 Å². The van der Waals surface area contributed by atoms with Gasteiger partial charge >= 0.3 is 5.69 Å². The lowest BCUT2D eigenvalue weighted by Crippen LogP contribution is -3.12. The number of hydrogen-bond donors (Lipinski definition) is 2. The van der Waals surface area contributed by atoms with E-state index < -0.39 is 4.92 Å². The summed E-state index contributed by atoms with van der Waals surface area (Å²) in [6.45, 7) is 9.50. The summed E-state index contributed by atoms with van der Waals surface area (Å²) in [6, 6.07) is 0. The van der Waals surface area contributed by atoms with E-state index in [0.29, 0.717) is 23.6 Å². The van der Waals surface area contributed by atoms with Crippen molar-refractivity contribution in [2.75, 3.05) is 61.8 Å². The van der Waals surface area contributed by atoms with Crippen molar-refractivity contribution in [2.24, 2.45) is 11.8 Å². The fraction of sp³-hybridized carbons (Fsp3) is 0.750. The van der Waals surface area contributed by atoms with E-state index >= 15 is 0 Å². The first-order valence-electron chi connectivity index (χ1n) is 8.98. The van der Waals surface area contributed by atoms with Gasteiger partial charge in [0.15, 0.2) is 0 Å². The third kappa shape index (κ3) is 3.76. The number of hydrogen-bond acceptors (Lipinski definition) is 7. The maximum atomic E-state index is 11.6. The Morgan fingerprint density at radius 3 is 2.32 bits per heavy atom. The van der Waals surface area contributed by atoms with E-state index in [9.17, 15) is 10.1 Å². The van der Waals surface area contributed by atoms with Gasteiger partial charge < -0.3 is 20.4 Å². The molecule has 25 heavy (non-hydrogen) atoms. The third-order valence-electron chi connectivity index (χ3n) is 5.13. The van der Waals surface area contributed by atoms with Crippen molar-refractivity contribution in [2.45, 2.75) is 20.3 Å². The molecule has 0 amide bonds. The molecule has 0 saturated carbocycles. The highest BCUT2D eigenvalue weighted by Gasteiger charge is 2.33. The van der Waals surface area contributed by atoms with Crippen LogP contribution in [0, 0.1) is 22.0 Å². The smallest absolute Gasteiger partial charge is 0.353 e. The molecule has 3 N–H and O–H groups in total. The Hall–Kier alpha value is -2.16. The molecule has 2 atom stereocenters. The number of piperidine rings is 1. The SMILES string of the molecule is C[C@@H]1C[C@@H](C)CN(c2nc(N3CC[NH+](C)CC3)nc(N)c2[N+](=O)[O-])C1. The number of nitrogens with zero attached hydrogens (tertiary/aromatic N) is 5. The Bertz CT molecular complexity index is 636. The summed E-state index contributed by atoms with van der Waals surface area (Å²) in [6.07, 6.45) is 1.12. The molecule has 1 aromatic rings. The molecule has 0 unspecified atom stereocenters. The molecule has 0 aromatic carbocycles. The van der Waals surface area contributed by atoms with E-state index in [-0.39, 0.29) is 11.5 Å². The van der Waals surface area contributed by atoms with Crippen molar-refractivity contribution in [1.82, 2.24) is 9.97 Å². The van der Waals surface area contributed by atoms with Crippen LogP contribution < -0.4 is 20.4 Å². The molecule has 138 valence electrons. The molecule has 2 fully saturated rings. The van der Waals surface area contributed by atoms with Crippen molar-refractivity contribution in [3.8, 4) is 0 Å². The van der Waals surface area contributed by atoms with Crippen LogP contribution in [-0.4, -0.2) is 61.2 Å². The van der Waals surface area contributed by atoms with Gasteiger partial charge in [0.05, 0.1) is 38.2 Å². The van der Waals surface area contributed by atoms with E-state index in [0.717, 1.165) is 45.7 Å². The number of nitrogens with one attached hydrogen (secondary N) is 1. The van der Waals surface area contributed by atoms with Gasteiger partial charge in [-0.1, -0.05) is 13.8 Å². The molecule has 0 radical (unpaired) electrons. The minimum Gasteiger partial charge on any atom is -0.378 e. The first-order valence-corrected chi connectivity index (χ1v) is 8.98. The van der Waals surface area contributed by atoms with Gasteiger partial charge in [0, 0.05) is 13.1 Å². The molecule has 9 nitrogen and oxygen atoms in total. The zero-order chi connectivity index (χ0) is 18.1. The summed E-state index contributed by atoms with van der Waals surface area (Å²) in [5.74, 6) is 1.78. The highest BCUT2D eigenvalue weighted by Crippen LogP contribution is 2.36. The van der Waals surface area contributed by atoms with Crippen LogP contribution in [0.4, 0.5) is 23.3 Å². The van der Waals surface area contributed by atoms with E-state index in [1.165, 1.54) is 4.90 Å². The molecule has 0 bridgehead atoms. The van der Waals surface area contributed by atoms with Gasteiger partial charge in [-0.05, 0) is 18.3 Å². The van der Waals surface area contributed by atoms with Crippen LogP contribution in [0.1, 0.15) is 20.3 Å². The molecule has 9 heteroatoms. The first-order chi connectivity index (χ1) is 11.8. The Labute approximate surface area is 148 Å². The molecule has 0 aliphatic carbocycles. The normalized spacial score (nSPS) is 25.2. The Kier molecular flexibility index (Phi) is 4.94. The van der Waals surface area contributed by atoms with Gasteiger partial charge in [-0.15, -0.1) is 0 Å². The second kappa shape index (κ2) is 6.99. The summed E-state index contributed by atoms with van der Waals surface area (Å²) in [5, 5.41) is 11.6. The fourth-order valence-corrected chi connectivity index (χ4v) is 3.91. The zero-order valence-corrected chi connectivity index (χ0v) is 15.2. The number of anilines is 3. The first kappa shape index (κ1) is 17.7. The number of likely N-dealkylation sites (N-methyl/N-ethyl adjacent to an activating group) is 1. The third-order valence-corrected chi connectivity index (χ3v) is 5.13. The molecule has 3 rings (SSSR count). The van der Waals surface area contributed by atoms with Crippen molar-refractivity contribution >= 4 is 23.3 Å². The lowest BCUT2D eigenvalue weighted by Gasteiger charge is -2.36. The average Bonchev–Trinajstić information content (AvgIpc) is 2.53. The minimum absolute atomic E-state index is 0.0397. The van der Waals surface area contributed by atoms with Crippen LogP contribution in [-0.2, 0) is 0 Å². The number of quaternary nitrogens is 1. The predicted octanol–water partition coefficient (Wildman–Crippen LogP) is -0.216. The number of rotatable bonds is 3. The molecule has 2 aliphatic heterocycles. The van der Waals surface area contributed by atoms with Gasteiger partial charge in [-0.25, -0.2) is 0 Å². The lowest BCUT2D eigenvalue weighted by molar-refractivity contribution is -0.880. The van der Waals surface area contributed by atoms with Gasteiger partial charge in [0.25, 0.3) is 0 Å². The largest absolute Gasteiger partial charge is 0.378 e. The number of nitro groups is 1. The highest BCUT2D eigenvalue weighted by molar-refractivity contribution is 5.71. The molecule has 3 heterocycles. The lowest BCUT2D eigenvalue weighted by atomic mass is 9.92. The van der Waals surface area contributed by atoms with Crippen molar-refractivity contribution in [3.63, 3.8) is 0 Å². The molecule has 2 saturated heterocycles. The van der Waals surface area contributed by atoms with Crippen LogP contribution in [0.5, 0.6) is 0 Å². The van der Waals surface area contributed by atoms with Crippen LogP contribution in [0.15, 0.2) is 0 Å². The van der Waals surface area contributed by atoms with Crippen LogP contribution in [0.25, 0.3) is 0 Å². The maximum absolute atomic E-state index is 11.6. The molecular formula is C16H28N7O2+. The van der Waals surface area contributed by atoms with E-state index in [1.807, 2.05) is 4.90 Å². The van der Waals surface area contributed by atoms with Crippen LogP contribution in [0.2, 0.25) is 0 Å². The number of nitrogen functional groups attached to an aromatic ring is 1. The van der Waals surface area contributed by atoms with Crippen molar-refractivity contribution < 1.29 is 9.82 Å². The zero-order valence-electron chi connectivity index (χ0n) is 15.2. The average molecular weight is 350 g/mol. The van der Waals surface area contributed by atoms with E-state index in [1.54, 1.807) is 0 Å². The summed E-state index contributed by atoms with van der Waals surface area (Å²) < 4.78 is 0. The van der Waals surface area contributed by atoms with Crippen LogP contribution >= 0.6 is 0 Å². The molecular weight excluding hydrogens is 322 g/mol. The maximum Gasteiger partial charge on any atom is 0.353 e. The van der Waals surface area contributed by atoms with Crippen LogP contribution in [0.3, 0.4) is 0 Å². The van der Waals surface area contributed by atoms with E-state index in [2.05, 4.69) is 35.8 Å². The second-order valence-electron chi connectivity index (χ2n) is 7.63. The predicted molar refractivity (Wildman–Crippen MR) is 97.1 cm³/mol.